The SMILES string of the molecule is O=C(O)C(Cc1cn(C(c2ccccc2)(c2ccccc2)c2ccccc2)cn1)c1cccc(C(O)O)c1. The van der Waals surface area contributed by atoms with E-state index in [1.165, 1.54) is 6.07 Å². The minimum absolute atomic E-state index is 0.141. The number of benzene rings is 4. The predicted molar refractivity (Wildman–Crippen MR) is 145 cm³/mol. The van der Waals surface area contributed by atoms with E-state index in [9.17, 15) is 20.1 Å². The largest absolute Gasteiger partial charge is 0.481 e. The van der Waals surface area contributed by atoms with Crippen molar-refractivity contribution >= 4 is 5.97 Å². The van der Waals surface area contributed by atoms with Crippen LogP contribution < -0.4 is 0 Å². The number of hydrogen-bond donors (Lipinski definition) is 3. The van der Waals surface area contributed by atoms with Gasteiger partial charge >= 0.3 is 5.97 Å². The molecule has 5 aromatic rings. The van der Waals surface area contributed by atoms with Gasteiger partial charge in [-0.15, -0.1) is 0 Å². The maximum absolute atomic E-state index is 12.3. The van der Waals surface area contributed by atoms with Gasteiger partial charge in [0, 0.05) is 18.2 Å². The summed E-state index contributed by atoms with van der Waals surface area (Å²) in [6.45, 7) is 0. The minimum Gasteiger partial charge on any atom is -0.481 e. The number of carbonyl (C=O) groups is 1. The molecule has 190 valence electrons. The molecule has 4 aromatic carbocycles. The fourth-order valence-electron chi connectivity index (χ4n) is 5.13. The van der Waals surface area contributed by atoms with Gasteiger partial charge in [0.05, 0.1) is 17.9 Å². The molecule has 0 radical (unpaired) electrons. The van der Waals surface area contributed by atoms with Crippen molar-refractivity contribution in [2.24, 2.45) is 0 Å². The smallest absolute Gasteiger partial charge is 0.311 e. The lowest BCUT2D eigenvalue weighted by Crippen LogP contribution is -2.37. The van der Waals surface area contributed by atoms with Crippen LogP contribution in [0.4, 0.5) is 0 Å². The lowest BCUT2D eigenvalue weighted by Gasteiger charge is -2.37. The molecule has 1 aromatic heterocycles. The van der Waals surface area contributed by atoms with Crippen molar-refractivity contribution in [1.29, 1.82) is 0 Å². The van der Waals surface area contributed by atoms with Crippen LogP contribution in [-0.2, 0) is 16.8 Å². The zero-order valence-electron chi connectivity index (χ0n) is 20.6. The van der Waals surface area contributed by atoms with E-state index in [1.54, 1.807) is 24.5 Å². The second-order valence-electron chi connectivity index (χ2n) is 9.22. The van der Waals surface area contributed by atoms with Gasteiger partial charge in [-0.2, -0.15) is 0 Å². The molecule has 0 amide bonds. The van der Waals surface area contributed by atoms with Gasteiger partial charge in [-0.1, -0.05) is 109 Å². The molecule has 1 heterocycles. The first kappa shape index (κ1) is 25.1. The van der Waals surface area contributed by atoms with E-state index >= 15 is 0 Å². The summed E-state index contributed by atoms with van der Waals surface area (Å²) in [6.07, 6.45) is 2.14. The highest BCUT2D eigenvalue weighted by molar-refractivity contribution is 5.76. The summed E-state index contributed by atoms with van der Waals surface area (Å²) < 4.78 is 2.05. The Morgan fingerprint density at radius 3 is 1.71 bits per heavy atom. The Hall–Kier alpha value is -4.52. The van der Waals surface area contributed by atoms with Crippen LogP contribution in [0.2, 0.25) is 0 Å². The van der Waals surface area contributed by atoms with Gasteiger partial charge in [-0.3, -0.25) is 4.79 Å². The van der Waals surface area contributed by atoms with Gasteiger partial charge in [-0.05, 0) is 28.3 Å². The molecule has 6 nitrogen and oxygen atoms in total. The first-order valence-electron chi connectivity index (χ1n) is 12.4. The van der Waals surface area contributed by atoms with Crippen molar-refractivity contribution in [2.75, 3.05) is 0 Å². The molecule has 0 aliphatic heterocycles. The van der Waals surface area contributed by atoms with Crippen molar-refractivity contribution in [3.05, 3.63) is 161 Å². The van der Waals surface area contributed by atoms with Crippen LogP contribution in [0.15, 0.2) is 128 Å². The highest BCUT2D eigenvalue weighted by atomic mass is 16.5. The highest BCUT2D eigenvalue weighted by Crippen LogP contribution is 2.41. The van der Waals surface area contributed by atoms with Crippen LogP contribution >= 0.6 is 0 Å². The second kappa shape index (κ2) is 10.8. The van der Waals surface area contributed by atoms with Crippen LogP contribution in [0.25, 0.3) is 0 Å². The Morgan fingerprint density at radius 2 is 1.24 bits per heavy atom. The summed E-state index contributed by atoms with van der Waals surface area (Å²) in [5.41, 5.74) is 3.73. The summed E-state index contributed by atoms with van der Waals surface area (Å²) >= 11 is 0. The molecule has 1 atom stereocenters. The van der Waals surface area contributed by atoms with Gasteiger partial charge in [0.15, 0.2) is 6.29 Å². The zero-order chi connectivity index (χ0) is 26.5. The number of rotatable bonds is 9. The summed E-state index contributed by atoms with van der Waals surface area (Å²) in [6, 6.07) is 36.9. The lowest BCUT2D eigenvalue weighted by molar-refractivity contribution is -0.138. The average Bonchev–Trinajstić information content (AvgIpc) is 3.43. The summed E-state index contributed by atoms with van der Waals surface area (Å²) in [5.74, 6) is -1.92. The van der Waals surface area contributed by atoms with Gasteiger partial charge in [-0.25, -0.2) is 4.98 Å². The number of aliphatic hydroxyl groups is 2. The van der Waals surface area contributed by atoms with Crippen molar-refractivity contribution < 1.29 is 20.1 Å². The second-order valence-corrected chi connectivity index (χ2v) is 9.22. The normalized spacial score (nSPS) is 12.4. The lowest BCUT2D eigenvalue weighted by atomic mass is 9.76. The zero-order valence-corrected chi connectivity index (χ0v) is 20.6. The molecule has 1 unspecified atom stereocenters. The Morgan fingerprint density at radius 1 is 0.737 bits per heavy atom. The fourth-order valence-corrected chi connectivity index (χ4v) is 5.13. The molecule has 0 bridgehead atoms. The number of aliphatic hydroxyl groups excluding tert-OH is 1. The van der Waals surface area contributed by atoms with E-state index in [-0.39, 0.29) is 12.0 Å². The summed E-state index contributed by atoms with van der Waals surface area (Å²) in [5, 5.41) is 29.2. The number of aromatic nitrogens is 2. The first-order valence-corrected chi connectivity index (χ1v) is 12.4. The first-order chi connectivity index (χ1) is 18.5. The molecule has 3 N–H and O–H groups in total. The van der Waals surface area contributed by atoms with E-state index < -0.39 is 23.7 Å². The molecule has 0 saturated carbocycles. The van der Waals surface area contributed by atoms with Crippen molar-refractivity contribution in [2.45, 2.75) is 24.2 Å². The Bertz CT molecular complexity index is 1400. The number of carboxylic acid groups (broad SMARTS) is 1. The minimum atomic E-state index is -1.67. The van der Waals surface area contributed by atoms with E-state index in [0.717, 1.165) is 16.7 Å². The van der Waals surface area contributed by atoms with Gasteiger partial charge in [0.2, 0.25) is 0 Å². The third-order valence-corrected chi connectivity index (χ3v) is 6.92. The fraction of sp³-hybridized carbons (Fsp3) is 0.125. The number of nitrogens with zero attached hydrogens (tertiary/aromatic N) is 2. The van der Waals surface area contributed by atoms with Crippen LogP contribution in [0.1, 0.15) is 45.7 Å². The van der Waals surface area contributed by atoms with E-state index in [4.69, 9.17) is 0 Å². The number of carboxylic acids is 1. The molecule has 0 saturated heterocycles. The molecule has 38 heavy (non-hydrogen) atoms. The van der Waals surface area contributed by atoms with Crippen molar-refractivity contribution in [3.63, 3.8) is 0 Å². The highest BCUT2D eigenvalue weighted by Gasteiger charge is 2.38. The molecule has 0 aliphatic rings. The van der Waals surface area contributed by atoms with Gasteiger partial charge < -0.3 is 19.9 Å². The van der Waals surface area contributed by atoms with Gasteiger partial charge in [0.1, 0.15) is 5.54 Å². The standard InChI is InChI=1S/C32H28N2O4/c35-30(36)24-12-10-11-23(19-24)29(31(37)38)20-28-21-34(22-33-28)32(25-13-4-1-5-14-25,26-15-6-2-7-16-26)27-17-8-3-9-18-27/h1-19,21-22,29-30,35-36H,20H2,(H,37,38). The maximum Gasteiger partial charge on any atom is 0.311 e. The summed E-state index contributed by atoms with van der Waals surface area (Å²) in [4.78, 5) is 17.0. The molecule has 5 rings (SSSR count). The predicted octanol–water partition coefficient (Wildman–Crippen LogP) is 5.12. The molecule has 0 spiro atoms. The van der Waals surface area contributed by atoms with E-state index in [1.807, 2.05) is 60.8 Å². The monoisotopic (exact) mass is 504 g/mol. The van der Waals surface area contributed by atoms with Gasteiger partial charge in [0.25, 0.3) is 0 Å². The molecule has 0 aliphatic carbocycles. The van der Waals surface area contributed by atoms with Crippen LogP contribution in [0.5, 0.6) is 0 Å². The number of imidazole rings is 1. The Kier molecular flexibility index (Phi) is 7.18. The third-order valence-electron chi connectivity index (χ3n) is 6.92. The van der Waals surface area contributed by atoms with Crippen LogP contribution in [0, 0.1) is 0 Å². The molecule has 6 heteroatoms. The molecular weight excluding hydrogens is 476 g/mol. The van der Waals surface area contributed by atoms with E-state index in [2.05, 4.69) is 45.9 Å². The van der Waals surface area contributed by atoms with Crippen molar-refractivity contribution in [3.8, 4) is 0 Å². The maximum atomic E-state index is 12.3. The Balaban J connectivity index is 1.64. The third kappa shape index (κ3) is 4.75. The quantitative estimate of drug-likeness (QED) is 0.191. The molecular formula is C32H28N2O4. The van der Waals surface area contributed by atoms with Crippen molar-refractivity contribution in [1.82, 2.24) is 9.55 Å². The Labute approximate surface area is 221 Å². The van der Waals surface area contributed by atoms with E-state index in [0.29, 0.717) is 11.3 Å². The van der Waals surface area contributed by atoms with Crippen LogP contribution in [0.3, 0.4) is 0 Å². The average molecular weight is 505 g/mol. The number of aliphatic carboxylic acids is 1. The number of hydrogen-bond acceptors (Lipinski definition) is 4. The summed E-state index contributed by atoms with van der Waals surface area (Å²) in [7, 11) is 0. The topological polar surface area (TPSA) is 95.6 Å². The van der Waals surface area contributed by atoms with Crippen LogP contribution in [-0.4, -0.2) is 30.8 Å². The molecule has 0 fully saturated rings.